The van der Waals surface area contributed by atoms with Crippen LogP contribution in [-0.2, 0) is 19.1 Å². The zero-order valence-electron chi connectivity index (χ0n) is 15.3. The lowest BCUT2D eigenvalue weighted by Crippen LogP contribution is -2.39. The summed E-state index contributed by atoms with van der Waals surface area (Å²) in [6, 6.07) is 5.59. The summed E-state index contributed by atoms with van der Waals surface area (Å²) in [5.41, 5.74) is 0.483. The van der Waals surface area contributed by atoms with E-state index in [1.54, 1.807) is 6.92 Å². The molecule has 2 N–H and O–H groups in total. The second-order valence-corrected chi connectivity index (χ2v) is 7.85. The highest BCUT2D eigenvalue weighted by Crippen LogP contribution is 2.17. The fraction of sp³-hybridized carbons (Fsp3) is 0.526. The lowest BCUT2D eigenvalue weighted by Gasteiger charge is -2.22. The Labute approximate surface area is 162 Å². The normalized spacial score (nSPS) is 15.6. The van der Waals surface area contributed by atoms with E-state index < -0.39 is 11.2 Å². The third-order valence-corrected chi connectivity index (χ3v) is 5.36. The quantitative estimate of drug-likeness (QED) is 0.660. The maximum Gasteiger partial charge on any atom is 0.319 e. The fourth-order valence-corrected chi connectivity index (χ4v) is 3.45. The van der Waals surface area contributed by atoms with E-state index >= 15 is 0 Å². The molecule has 0 saturated heterocycles. The van der Waals surface area contributed by atoms with Crippen LogP contribution in [0.15, 0.2) is 24.3 Å². The summed E-state index contributed by atoms with van der Waals surface area (Å²) in [7, 11) is 0. The van der Waals surface area contributed by atoms with Gasteiger partial charge in [0.05, 0.1) is 5.75 Å². The molecule has 0 spiro atoms. The van der Waals surface area contributed by atoms with Crippen LogP contribution in [0.4, 0.5) is 10.1 Å². The Kier molecular flexibility index (Phi) is 8.57. The number of benzene rings is 1. The van der Waals surface area contributed by atoms with Gasteiger partial charge >= 0.3 is 5.97 Å². The Hall–Kier alpha value is -2.09. The van der Waals surface area contributed by atoms with Crippen molar-refractivity contribution in [1.29, 1.82) is 0 Å². The maximum atomic E-state index is 12.8. The van der Waals surface area contributed by atoms with Crippen LogP contribution in [0.5, 0.6) is 0 Å². The van der Waals surface area contributed by atoms with Gasteiger partial charge in [-0.1, -0.05) is 19.3 Å². The highest BCUT2D eigenvalue weighted by Gasteiger charge is 2.20. The first-order chi connectivity index (χ1) is 12.9. The number of anilines is 1. The molecule has 1 aromatic carbocycles. The van der Waals surface area contributed by atoms with E-state index in [0.717, 1.165) is 37.4 Å². The molecule has 1 atom stereocenters. The van der Waals surface area contributed by atoms with Crippen molar-refractivity contribution in [2.24, 2.45) is 0 Å². The van der Waals surface area contributed by atoms with Gasteiger partial charge in [0.25, 0.3) is 5.91 Å². The van der Waals surface area contributed by atoms with Crippen molar-refractivity contribution in [3.63, 3.8) is 0 Å². The van der Waals surface area contributed by atoms with Gasteiger partial charge in [-0.05, 0) is 44.0 Å². The fourth-order valence-electron chi connectivity index (χ4n) is 2.77. The number of carbonyl (C=O) groups is 3. The summed E-state index contributed by atoms with van der Waals surface area (Å²) in [5, 5.41) is 4.92. The summed E-state index contributed by atoms with van der Waals surface area (Å²) >= 11 is 1.11. The van der Waals surface area contributed by atoms with Crippen LogP contribution in [0.25, 0.3) is 0 Å². The molecule has 2 amide bonds. The number of halogens is 1. The highest BCUT2D eigenvalue weighted by molar-refractivity contribution is 8.01. The van der Waals surface area contributed by atoms with E-state index in [4.69, 9.17) is 4.74 Å². The first kappa shape index (κ1) is 21.2. The van der Waals surface area contributed by atoms with E-state index in [0.29, 0.717) is 5.69 Å². The van der Waals surface area contributed by atoms with Gasteiger partial charge in [0.2, 0.25) is 5.91 Å². The molecule has 1 saturated carbocycles. The van der Waals surface area contributed by atoms with Crippen molar-refractivity contribution < 1.29 is 23.5 Å². The molecule has 1 aromatic rings. The minimum Gasteiger partial charge on any atom is -0.455 e. The predicted octanol–water partition coefficient (Wildman–Crippen LogP) is 2.88. The number of carbonyl (C=O) groups excluding carboxylic acids is 3. The number of thioether (sulfide) groups is 1. The van der Waals surface area contributed by atoms with E-state index in [1.807, 2.05) is 0 Å². The summed E-state index contributed by atoms with van der Waals surface area (Å²) in [6.07, 6.45) is 5.35. The first-order valence-corrected chi connectivity index (χ1v) is 10.1. The zero-order chi connectivity index (χ0) is 19.6. The molecule has 0 heterocycles. The molecule has 0 aliphatic heterocycles. The van der Waals surface area contributed by atoms with Gasteiger partial charge < -0.3 is 15.4 Å². The standard InChI is InChI=1S/C19H25FN2O4S/c1-13(27-12-18(24)22-16-9-7-14(20)8-10-16)19(25)26-11-17(23)21-15-5-3-2-4-6-15/h7-10,13,15H,2-6,11-12H2,1H3,(H,21,23)(H,22,24)/t13-/m1/s1. The topological polar surface area (TPSA) is 84.5 Å². The number of esters is 1. The smallest absolute Gasteiger partial charge is 0.319 e. The molecule has 1 aliphatic rings. The average Bonchev–Trinajstić information content (AvgIpc) is 2.66. The largest absolute Gasteiger partial charge is 0.455 e. The van der Waals surface area contributed by atoms with Crippen LogP contribution in [0.3, 0.4) is 0 Å². The van der Waals surface area contributed by atoms with Gasteiger partial charge in [-0.2, -0.15) is 0 Å². The van der Waals surface area contributed by atoms with Crippen LogP contribution >= 0.6 is 11.8 Å². The number of rotatable bonds is 8. The molecule has 0 aromatic heterocycles. The molecule has 0 unspecified atom stereocenters. The van der Waals surface area contributed by atoms with Crippen LogP contribution in [0, 0.1) is 5.82 Å². The van der Waals surface area contributed by atoms with Gasteiger partial charge in [0.15, 0.2) is 6.61 Å². The minimum atomic E-state index is -0.577. The Morgan fingerprint density at radius 3 is 2.48 bits per heavy atom. The average molecular weight is 396 g/mol. The molecule has 1 fully saturated rings. The van der Waals surface area contributed by atoms with E-state index in [9.17, 15) is 18.8 Å². The monoisotopic (exact) mass is 396 g/mol. The van der Waals surface area contributed by atoms with Crippen molar-refractivity contribution in [3.05, 3.63) is 30.1 Å². The molecule has 1 aliphatic carbocycles. The molecule has 6 nitrogen and oxygen atoms in total. The number of hydrogen-bond acceptors (Lipinski definition) is 5. The zero-order valence-corrected chi connectivity index (χ0v) is 16.1. The van der Waals surface area contributed by atoms with Crippen molar-refractivity contribution in [2.45, 2.75) is 50.3 Å². The van der Waals surface area contributed by atoms with Crippen LogP contribution < -0.4 is 10.6 Å². The lowest BCUT2D eigenvalue weighted by atomic mass is 9.95. The van der Waals surface area contributed by atoms with Crippen LogP contribution in [0.2, 0.25) is 0 Å². The summed E-state index contributed by atoms with van der Waals surface area (Å²) in [6.45, 7) is 1.32. The molecule has 148 valence electrons. The number of amides is 2. The molecule has 2 rings (SSSR count). The van der Waals surface area contributed by atoms with Gasteiger partial charge in [-0.3, -0.25) is 14.4 Å². The maximum absolute atomic E-state index is 12.8. The summed E-state index contributed by atoms with van der Waals surface area (Å²) in [5.74, 6) is -1.47. The molecule has 0 radical (unpaired) electrons. The Morgan fingerprint density at radius 1 is 1.15 bits per heavy atom. The van der Waals surface area contributed by atoms with Crippen molar-refractivity contribution in [2.75, 3.05) is 17.7 Å². The molecular weight excluding hydrogens is 371 g/mol. The Balaban J connectivity index is 1.63. The van der Waals surface area contributed by atoms with Gasteiger partial charge in [-0.15, -0.1) is 11.8 Å². The summed E-state index contributed by atoms with van der Waals surface area (Å²) in [4.78, 5) is 35.7. The predicted molar refractivity (Wildman–Crippen MR) is 103 cm³/mol. The summed E-state index contributed by atoms with van der Waals surface area (Å²) < 4.78 is 17.9. The second kappa shape index (κ2) is 10.9. The Morgan fingerprint density at radius 2 is 1.81 bits per heavy atom. The van der Waals surface area contributed by atoms with Gasteiger partial charge in [-0.25, -0.2) is 4.39 Å². The van der Waals surface area contributed by atoms with Gasteiger partial charge in [0.1, 0.15) is 11.1 Å². The van der Waals surface area contributed by atoms with E-state index in [2.05, 4.69) is 10.6 Å². The first-order valence-electron chi connectivity index (χ1n) is 9.07. The van der Waals surface area contributed by atoms with Crippen molar-refractivity contribution in [3.8, 4) is 0 Å². The third-order valence-electron chi connectivity index (χ3n) is 4.24. The van der Waals surface area contributed by atoms with E-state index in [1.165, 1.54) is 30.7 Å². The molecule has 8 heteroatoms. The highest BCUT2D eigenvalue weighted by atomic mass is 32.2. The Bertz CT molecular complexity index is 648. The number of hydrogen-bond donors (Lipinski definition) is 2. The second-order valence-electron chi connectivity index (χ2n) is 6.52. The van der Waals surface area contributed by atoms with Crippen LogP contribution in [0.1, 0.15) is 39.0 Å². The molecule has 0 bridgehead atoms. The third kappa shape index (κ3) is 7.99. The lowest BCUT2D eigenvalue weighted by molar-refractivity contribution is -0.147. The number of nitrogens with one attached hydrogen (secondary N) is 2. The van der Waals surface area contributed by atoms with Gasteiger partial charge in [0, 0.05) is 11.7 Å². The molecule has 27 heavy (non-hydrogen) atoms. The number of ether oxygens (including phenoxy) is 1. The van der Waals surface area contributed by atoms with Crippen LogP contribution in [-0.4, -0.2) is 41.4 Å². The van der Waals surface area contributed by atoms with Crippen molar-refractivity contribution in [1.82, 2.24) is 5.32 Å². The van der Waals surface area contributed by atoms with E-state index in [-0.39, 0.29) is 36.0 Å². The molecular formula is C19H25FN2O4S. The SMILES string of the molecule is C[C@@H](SCC(=O)Nc1ccc(F)cc1)C(=O)OCC(=O)NC1CCCCC1. The minimum absolute atomic E-state index is 0.0436. The van der Waals surface area contributed by atoms with Crippen molar-refractivity contribution >= 4 is 35.2 Å².